The molecule has 0 saturated carbocycles. The van der Waals surface area contributed by atoms with Crippen LogP contribution in [0, 0.1) is 0 Å². The van der Waals surface area contributed by atoms with Gasteiger partial charge in [0.15, 0.2) is 0 Å². The predicted octanol–water partition coefficient (Wildman–Crippen LogP) is 3.92. The van der Waals surface area contributed by atoms with Gasteiger partial charge in [-0.2, -0.15) is 0 Å². The number of benzene rings is 1. The van der Waals surface area contributed by atoms with E-state index in [-0.39, 0.29) is 5.41 Å². The lowest BCUT2D eigenvalue weighted by Gasteiger charge is -2.14. The third-order valence-electron chi connectivity index (χ3n) is 3.10. The minimum Gasteiger partial charge on any atom is -0.387 e. The van der Waals surface area contributed by atoms with Gasteiger partial charge in [-0.05, 0) is 6.07 Å². The van der Waals surface area contributed by atoms with Gasteiger partial charge in [-0.1, -0.05) is 50.6 Å². The number of hydrogen-bond donors (Lipinski definition) is 2. The summed E-state index contributed by atoms with van der Waals surface area (Å²) in [7, 11) is 0. The molecule has 0 radical (unpaired) electrons. The van der Waals surface area contributed by atoms with E-state index in [1.807, 2.05) is 18.2 Å². The number of halogens is 1. The highest BCUT2D eigenvalue weighted by Crippen LogP contribution is 2.25. The predicted molar refractivity (Wildman–Crippen MR) is 88.9 cm³/mol. The number of aliphatic hydroxyl groups excluding tert-OH is 1. The second-order valence-electron chi connectivity index (χ2n) is 6.06. The highest BCUT2D eigenvalue weighted by atomic mass is 35.5. The molecule has 2 aromatic rings. The molecule has 0 aliphatic carbocycles. The van der Waals surface area contributed by atoms with Crippen molar-refractivity contribution in [3.63, 3.8) is 0 Å². The standard InChI is InChI=1S/C16H21ClN2OS/c1-16(2,3)15-19-11(10-21-15)8-18-9-14(20)12-6-4-5-7-13(12)17/h4-7,10,14,18,20H,8-9H2,1-3H3. The van der Waals surface area contributed by atoms with Crippen molar-refractivity contribution >= 4 is 22.9 Å². The zero-order valence-electron chi connectivity index (χ0n) is 12.6. The van der Waals surface area contributed by atoms with Gasteiger partial charge in [-0.15, -0.1) is 11.3 Å². The van der Waals surface area contributed by atoms with Crippen LogP contribution in [0.1, 0.15) is 43.1 Å². The van der Waals surface area contributed by atoms with Crippen LogP contribution in [-0.4, -0.2) is 16.6 Å². The summed E-state index contributed by atoms with van der Waals surface area (Å²) in [6.07, 6.45) is -0.612. The van der Waals surface area contributed by atoms with E-state index in [4.69, 9.17) is 11.6 Å². The number of rotatable bonds is 5. The SMILES string of the molecule is CC(C)(C)c1nc(CNCC(O)c2ccccc2Cl)cs1. The quantitative estimate of drug-likeness (QED) is 0.876. The molecule has 114 valence electrons. The van der Waals surface area contributed by atoms with Crippen molar-refractivity contribution in [1.82, 2.24) is 10.3 Å². The van der Waals surface area contributed by atoms with Crippen LogP contribution in [0.4, 0.5) is 0 Å². The van der Waals surface area contributed by atoms with Crippen molar-refractivity contribution in [2.75, 3.05) is 6.54 Å². The number of thiazole rings is 1. The summed E-state index contributed by atoms with van der Waals surface area (Å²) in [6, 6.07) is 7.36. The Morgan fingerprint density at radius 2 is 2.05 bits per heavy atom. The molecule has 1 aromatic heterocycles. The topological polar surface area (TPSA) is 45.2 Å². The van der Waals surface area contributed by atoms with Crippen molar-refractivity contribution in [1.29, 1.82) is 0 Å². The monoisotopic (exact) mass is 324 g/mol. The molecule has 0 aliphatic rings. The number of nitrogens with one attached hydrogen (secondary N) is 1. The molecule has 21 heavy (non-hydrogen) atoms. The van der Waals surface area contributed by atoms with Crippen LogP contribution >= 0.6 is 22.9 Å². The van der Waals surface area contributed by atoms with Gasteiger partial charge in [-0.3, -0.25) is 0 Å². The van der Waals surface area contributed by atoms with Gasteiger partial charge in [0.2, 0.25) is 0 Å². The minimum absolute atomic E-state index is 0.0833. The van der Waals surface area contributed by atoms with Crippen LogP contribution in [-0.2, 0) is 12.0 Å². The van der Waals surface area contributed by atoms with Gasteiger partial charge >= 0.3 is 0 Å². The lowest BCUT2D eigenvalue weighted by atomic mass is 9.98. The zero-order chi connectivity index (χ0) is 15.5. The van der Waals surface area contributed by atoms with Crippen LogP contribution in [0.25, 0.3) is 0 Å². The van der Waals surface area contributed by atoms with Gasteiger partial charge in [-0.25, -0.2) is 4.98 Å². The van der Waals surface area contributed by atoms with Crippen LogP contribution < -0.4 is 5.32 Å². The van der Waals surface area contributed by atoms with E-state index in [0.29, 0.717) is 18.1 Å². The molecule has 0 amide bonds. The molecule has 0 fully saturated rings. The van der Waals surface area contributed by atoms with E-state index in [1.165, 1.54) is 0 Å². The summed E-state index contributed by atoms with van der Waals surface area (Å²) in [4.78, 5) is 4.62. The molecule has 1 heterocycles. The van der Waals surface area contributed by atoms with E-state index >= 15 is 0 Å². The Balaban J connectivity index is 1.87. The summed E-state index contributed by atoms with van der Waals surface area (Å²) >= 11 is 7.75. The fourth-order valence-electron chi connectivity index (χ4n) is 1.92. The molecular weight excluding hydrogens is 304 g/mol. The van der Waals surface area contributed by atoms with Crippen molar-refractivity contribution in [3.8, 4) is 0 Å². The molecule has 5 heteroatoms. The molecule has 0 bridgehead atoms. The fraction of sp³-hybridized carbons (Fsp3) is 0.438. The smallest absolute Gasteiger partial charge is 0.0982 e. The normalized spacial score (nSPS) is 13.4. The Labute approximate surface area is 135 Å². The molecule has 1 unspecified atom stereocenters. The number of aromatic nitrogens is 1. The molecule has 0 spiro atoms. The third-order valence-corrected chi connectivity index (χ3v) is 4.76. The first-order valence-electron chi connectivity index (χ1n) is 6.96. The maximum Gasteiger partial charge on any atom is 0.0982 e. The Kier molecular flexibility index (Phi) is 5.38. The van der Waals surface area contributed by atoms with Gasteiger partial charge in [0.05, 0.1) is 16.8 Å². The first-order chi connectivity index (χ1) is 9.88. The third kappa shape index (κ3) is 4.51. The van der Waals surface area contributed by atoms with E-state index in [0.717, 1.165) is 16.3 Å². The average molecular weight is 325 g/mol. The van der Waals surface area contributed by atoms with Crippen molar-refractivity contribution in [3.05, 3.63) is 50.9 Å². The van der Waals surface area contributed by atoms with Crippen LogP contribution in [0.15, 0.2) is 29.6 Å². The Morgan fingerprint density at radius 3 is 2.67 bits per heavy atom. The lowest BCUT2D eigenvalue weighted by Crippen LogP contribution is -2.21. The average Bonchev–Trinajstić information content (AvgIpc) is 2.88. The molecule has 2 N–H and O–H groups in total. The highest BCUT2D eigenvalue weighted by Gasteiger charge is 2.18. The highest BCUT2D eigenvalue weighted by molar-refractivity contribution is 7.09. The number of aliphatic hydroxyl groups is 1. The van der Waals surface area contributed by atoms with Crippen molar-refractivity contribution in [2.24, 2.45) is 0 Å². The zero-order valence-corrected chi connectivity index (χ0v) is 14.1. The van der Waals surface area contributed by atoms with E-state index in [2.05, 4.69) is 36.5 Å². The minimum atomic E-state index is -0.612. The molecule has 1 atom stereocenters. The molecular formula is C16H21ClN2OS. The molecule has 1 aromatic carbocycles. The summed E-state index contributed by atoms with van der Waals surface area (Å²) in [5, 5.41) is 17.2. The summed E-state index contributed by atoms with van der Waals surface area (Å²) in [5.41, 5.74) is 1.84. The maximum atomic E-state index is 10.1. The first-order valence-corrected chi connectivity index (χ1v) is 8.22. The first kappa shape index (κ1) is 16.4. The molecule has 0 aliphatic heterocycles. The molecule has 2 rings (SSSR count). The summed E-state index contributed by atoms with van der Waals surface area (Å²) in [5.74, 6) is 0. The lowest BCUT2D eigenvalue weighted by molar-refractivity contribution is 0.174. The Bertz CT molecular complexity index is 592. The Hall–Kier alpha value is -0.940. The maximum absolute atomic E-state index is 10.1. The van der Waals surface area contributed by atoms with E-state index < -0.39 is 6.10 Å². The van der Waals surface area contributed by atoms with Crippen LogP contribution in [0.5, 0.6) is 0 Å². The summed E-state index contributed by atoms with van der Waals surface area (Å²) in [6.45, 7) is 7.57. The summed E-state index contributed by atoms with van der Waals surface area (Å²) < 4.78 is 0. The molecule has 0 saturated heterocycles. The fourth-order valence-corrected chi connectivity index (χ4v) is 3.09. The van der Waals surface area contributed by atoms with Gasteiger partial charge < -0.3 is 10.4 Å². The van der Waals surface area contributed by atoms with E-state index in [1.54, 1.807) is 17.4 Å². The van der Waals surface area contributed by atoms with Crippen LogP contribution in [0.2, 0.25) is 5.02 Å². The second kappa shape index (κ2) is 6.88. The van der Waals surface area contributed by atoms with Crippen LogP contribution in [0.3, 0.4) is 0 Å². The van der Waals surface area contributed by atoms with Gasteiger partial charge in [0.1, 0.15) is 0 Å². The largest absolute Gasteiger partial charge is 0.387 e. The second-order valence-corrected chi connectivity index (χ2v) is 7.33. The van der Waals surface area contributed by atoms with E-state index in [9.17, 15) is 5.11 Å². The molecule has 3 nitrogen and oxygen atoms in total. The van der Waals surface area contributed by atoms with Crippen molar-refractivity contribution < 1.29 is 5.11 Å². The van der Waals surface area contributed by atoms with Gasteiger partial charge in [0.25, 0.3) is 0 Å². The van der Waals surface area contributed by atoms with Gasteiger partial charge in [0, 0.05) is 34.5 Å². The number of hydrogen-bond acceptors (Lipinski definition) is 4. The van der Waals surface area contributed by atoms with Crippen molar-refractivity contribution in [2.45, 2.75) is 38.8 Å². The number of nitrogens with zero attached hydrogens (tertiary/aromatic N) is 1. The Morgan fingerprint density at radius 1 is 1.33 bits per heavy atom.